The lowest BCUT2D eigenvalue weighted by molar-refractivity contribution is 0.0951. The summed E-state index contributed by atoms with van der Waals surface area (Å²) in [6.07, 6.45) is 5.40. The Hall–Kier alpha value is -1.35. The number of carbonyl (C=O) groups excluding carboxylic acids is 1. The molecule has 1 spiro atoms. The summed E-state index contributed by atoms with van der Waals surface area (Å²) in [5.41, 5.74) is 2.36. The summed E-state index contributed by atoms with van der Waals surface area (Å²) >= 11 is 0. The maximum absolute atomic E-state index is 12.3. The van der Waals surface area contributed by atoms with Crippen LogP contribution in [0.2, 0.25) is 0 Å². The van der Waals surface area contributed by atoms with Gasteiger partial charge in [-0.2, -0.15) is 0 Å². The van der Waals surface area contributed by atoms with Crippen molar-refractivity contribution in [2.24, 2.45) is 10.4 Å². The number of carbonyl (C=O) groups is 1. The Labute approximate surface area is 186 Å². The van der Waals surface area contributed by atoms with E-state index in [1.807, 2.05) is 45.4 Å². The van der Waals surface area contributed by atoms with Crippen molar-refractivity contribution in [1.29, 1.82) is 0 Å². The third kappa shape index (κ3) is 5.83. The van der Waals surface area contributed by atoms with Crippen LogP contribution in [0.3, 0.4) is 0 Å². The van der Waals surface area contributed by atoms with Crippen LogP contribution < -0.4 is 10.6 Å². The third-order valence-electron chi connectivity index (χ3n) is 5.85. The molecule has 1 amide bonds. The van der Waals surface area contributed by atoms with E-state index >= 15 is 0 Å². The van der Waals surface area contributed by atoms with Gasteiger partial charge in [-0.05, 0) is 56.5 Å². The van der Waals surface area contributed by atoms with Crippen LogP contribution in [-0.2, 0) is 6.54 Å². The van der Waals surface area contributed by atoms with Gasteiger partial charge in [0, 0.05) is 45.3 Å². The van der Waals surface area contributed by atoms with Gasteiger partial charge in [-0.3, -0.25) is 9.79 Å². The smallest absolute Gasteiger partial charge is 0.251 e. The summed E-state index contributed by atoms with van der Waals surface area (Å²) in [5, 5.41) is 6.44. The van der Waals surface area contributed by atoms with Crippen molar-refractivity contribution in [2.45, 2.75) is 32.2 Å². The van der Waals surface area contributed by atoms with Crippen LogP contribution in [0, 0.1) is 5.41 Å². The molecule has 7 heteroatoms. The van der Waals surface area contributed by atoms with Crippen molar-refractivity contribution < 1.29 is 4.79 Å². The molecule has 0 radical (unpaired) electrons. The summed E-state index contributed by atoms with van der Waals surface area (Å²) in [6.45, 7) is 4.38. The number of hydrogen-bond donors (Lipinski definition) is 2. The average Bonchev–Trinajstić information content (AvgIpc) is 3.08. The third-order valence-corrected chi connectivity index (χ3v) is 5.85. The van der Waals surface area contributed by atoms with E-state index in [-0.39, 0.29) is 29.9 Å². The van der Waals surface area contributed by atoms with Gasteiger partial charge in [0.2, 0.25) is 0 Å². The molecule has 0 bridgehead atoms. The standard InChI is InChI=1S/C21H33N5O.HI/c1-22-20(26-12-10-21(16-26)8-5-9-21)24-15-17-6-4-7-18(14-17)19(27)23-11-13-25(2)3;/h4,6-7,14H,5,8-13,15-16H2,1-3H3,(H,22,24)(H,23,27);1H. The molecular weight excluding hydrogens is 465 g/mol. The summed E-state index contributed by atoms with van der Waals surface area (Å²) in [7, 11) is 5.85. The van der Waals surface area contributed by atoms with Crippen LogP contribution in [0.15, 0.2) is 29.3 Å². The highest BCUT2D eigenvalue weighted by Crippen LogP contribution is 2.47. The van der Waals surface area contributed by atoms with E-state index in [2.05, 4.69) is 25.4 Å². The van der Waals surface area contributed by atoms with Gasteiger partial charge in [0.1, 0.15) is 0 Å². The summed E-state index contributed by atoms with van der Waals surface area (Å²) in [5.74, 6) is 0.953. The van der Waals surface area contributed by atoms with Crippen LogP contribution in [0.1, 0.15) is 41.6 Å². The highest BCUT2D eigenvalue weighted by atomic mass is 127. The van der Waals surface area contributed by atoms with Crippen molar-refractivity contribution in [3.8, 4) is 0 Å². The predicted octanol–water partition coefficient (Wildman–Crippen LogP) is 2.55. The number of aliphatic imine (C=N–C) groups is 1. The molecule has 0 unspecified atom stereocenters. The monoisotopic (exact) mass is 499 g/mol. The van der Waals surface area contributed by atoms with Gasteiger partial charge in [-0.1, -0.05) is 18.6 Å². The van der Waals surface area contributed by atoms with Crippen LogP contribution in [0.4, 0.5) is 0 Å². The molecule has 1 saturated heterocycles. The first kappa shape index (κ1) is 22.9. The van der Waals surface area contributed by atoms with Gasteiger partial charge in [0.15, 0.2) is 5.96 Å². The molecule has 2 aliphatic rings. The molecule has 2 fully saturated rings. The normalized spacial score (nSPS) is 18.0. The molecule has 1 saturated carbocycles. The molecule has 3 rings (SSSR count). The Morgan fingerprint density at radius 1 is 1.25 bits per heavy atom. The minimum absolute atomic E-state index is 0. The second kappa shape index (κ2) is 10.4. The van der Waals surface area contributed by atoms with Crippen LogP contribution in [0.5, 0.6) is 0 Å². The lowest BCUT2D eigenvalue weighted by atomic mass is 9.68. The van der Waals surface area contributed by atoms with Crippen molar-refractivity contribution in [3.63, 3.8) is 0 Å². The zero-order chi connectivity index (χ0) is 19.3. The van der Waals surface area contributed by atoms with Gasteiger partial charge in [0.05, 0.1) is 0 Å². The first-order valence-corrected chi connectivity index (χ1v) is 9.99. The SMILES string of the molecule is CN=C(NCc1cccc(C(=O)NCCN(C)C)c1)N1CCC2(CCC2)C1.I. The molecule has 1 aromatic carbocycles. The first-order chi connectivity index (χ1) is 13.0. The van der Waals surface area contributed by atoms with Gasteiger partial charge in [-0.25, -0.2) is 0 Å². The maximum atomic E-state index is 12.3. The number of guanidine groups is 1. The predicted molar refractivity (Wildman–Crippen MR) is 125 cm³/mol. The lowest BCUT2D eigenvalue weighted by Gasteiger charge is -2.38. The number of amides is 1. The number of likely N-dealkylation sites (N-methyl/N-ethyl adjacent to an activating group) is 1. The zero-order valence-corrected chi connectivity index (χ0v) is 19.7. The Morgan fingerprint density at radius 3 is 2.64 bits per heavy atom. The van der Waals surface area contributed by atoms with Gasteiger partial charge in [-0.15, -0.1) is 24.0 Å². The fourth-order valence-electron chi connectivity index (χ4n) is 4.03. The second-order valence-electron chi connectivity index (χ2n) is 8.19. The number of benzene rings is 1. The summed E-state index contributed by atoms with van der Waals surface area (Å²) in [6, 6.07) is 7.82. The van der Waals surface area contributed by atoms with Crippen molar-refractivity contribution >= 4 is 35.8 Å². The lowest BCUT2D eigenvalue weighted by Crippen LogP contribution is -2.42. The zero-order valence-electron chi connectivity index (χ0n) is 17.3. The number of nitrogens with one attached hydrogen (secondary N) is 2. The molecule has 1 aliphatic carbocycles. The van der Waals surface area contributed by atoms with E-state index in [0.29, 0.717) is 24.1 Å². The van der Waals surface area contributed by atoms with Crippen molar-refractivity contribution in [2.75, 3.05) is 47.3 Å². The topological polar surface area (TPSA) is 60.0 Å². The van der Waals surface area contributed by atoms with Gasteiger partial charge >= 0.3 is 0 Å². The molecule has 0 atom stereocenters. The largest absolute Gasteiger partial charge is 0.352 e. The Balaban J connectivity index is 0.00000280. The van der Waals surface area contributed by atoms with E-state index < -0.39 is 0 Å². The maximum Gasteiger partial charge on any atom is 0.251 e. The molecule has 2 N–H and O–H groups in total. The van der Waals surface area contributed by atoms with E-state index in [4.69, 9.17) is 0 Å². The molecule has 28 heavy (non-hydrogen) atoms. The number of likely N-dealkylation sites (tertiary alicyclic amines) is 1. The molecule has 1 heterocycles. The van der Waals surface area contributed by atoms with Gasteiger partial charge < -0.3 is 20.4 Å². The highest BCUT2D eigenvalue weighted by Gasteiger charge is 2.43. The summed E-state index contributed by atoms with van der Waals surface area (Å²) in [4.78, 5) is 21.2. The van der Waals surface area contributed by atoms with E-state index in [0.717, 1.165) is 31.2 Å². The molecule has 6 nitrogen and oxygen atoms in total. The number of hydrogen-bond acceptors (Lipinski definition) is 3. The van der Waals surface area contributed by atoms with Crippen LogP contribution in [-0.4, -0.2) is 69.0 Å². The van der Waals surface area contributed by atoms with Crippen molar-refractivity contribution in [1.82, 2.24) is 20.4 Å². The van der Waals surface area contributed by atoms with E-state index in [9.17, 15) is 4.79 Å². The van der Waals surface area contributed by atoms with Crippen LogP contribution >= 0.6 is 24.0 Å². The Bertz CT molecular complexity index is 687. The fourth-order valence-corrected chi connectivity index (χ4v) is 4.03. The number of rotatable bonds is 6. The number of halogens is 1. The molecule has 1 aliphatic heterocycles. The highest BCUT2D eigenvalue weighted by molar-refractivity contribution is 14.0. The minimum Gasteiger partial charge on any atom is -0.352 e. The molecule has 156 valence electrons. The quantitative estimate of drug-likeness (QED) is 0.359. The average molecular weight is 499 g/mol. The minimum atomic E-state index is -0.0189. The number of nitrogens with zero attached hydrogens (tertiary/aromatic N) is 3. The van der Waals surface area contributed by atoms with Gasteiger partial charge in [0.25, 0.3) is 5.91 Å². The molecule has 1 aromatic rings. The Morgan fingerprint density at radius 2 is 2.04 bits per heavy atom. The second-order valence-corrected chi connectivity index (χ2v) is 8.19. The van der Waals surface area contributed by atoms with E-state index in [1.165, 1.54) is 25.7 Å². The fraction of sp³-hybridized carbons (Fsp3) is 0.619. The van der Waals surface area contributed by atoms with E-state index in [1.54, 1.807) is 0 Å². The van der Waals surface area contributed by atoms with Crippen molar-refractivity contribution in [3.05, 3.63) is 35.4 Å². The molecule has 0 aromatic heterocycles. The first-order valence-electron chi connectivity index (χ1n) is 9.99. The van der Waals surface area contributed by atoms with Crippen LogP contribution in [0.25, 0.3) is 0 Å². The molecular formula is C21H34IN5O. The Kier molecular flexibility index (Phi) is 8.55. The summed E-state index contributed by atoms with van der Waals surface area (Å²) < 4.78 is 0.